The Balaban J connectivity index is 1.65. The molecule has 0 radical (unpaired) electrons. The van der Waals surface area contributed by atoms with Crippen molar-refractivity contribution in [2.45, 2.75) is 13.3 Å². The lowest BCUT2D eigenvalue weighted by Crippen LogP contribution is -2.18. The number of hydrazone groups is 1. The van der Waals surface area contributed by atoms with Gasteiger partial charge >= 0.3 is 0 Å². The molecule has 0 atom stereocenters. The molecular formula is C19H17N3O. The topological polar surface area (TPSA) is 46.5 Å². The van der Waals surface area contributed by atoms with Gasteiger partial charge in [0.1, 0.15) is 11.6 Å². The fourth-order valence-corrected chi connectivity index (χ4v) is 2.82. The van der Waals surface area contributed by atoms with Crippen LogP contribution in [0.4, 0.5) is 5.82 Å². The first kappa shape index (κ1) is 13.8. The zero-order chi connectivity index (χ0) is 15.6. The minimum absolute atomic E-state index is 0.656. The molecule has 0 fully saturated rings. The average Bonchev–Trinajstić information content (AvgIpc) is 2.60. The molecule has 1 aromatic heterocycles. The number of aromatic nitrogens is 1. The maximum atomic E-state index is 5.77. The molecule has 0 unspecified atom stereocenters. The molecule has 2 aromatic carbocycles. The molecule has 0 amide bonds. The molecule has 23 heavy (non-hydrogen) atoms. The molecule has 4 rings (SSSR count). The summed E-state index contributed by atoms with van der Waals surface area (Å²) in [6.45, 7) is 2.71. The highest BCUT2D eigenvalue weighted by Crippen LogP contribution is 2.28. The summed E-state index contributed by atoms with van der Waals surface area (Å²) < 4.78 is 5.77. The third-order valence-corrected chi connectivity index (χ3v) is 4.01. The number of para-hydroxylation sites is 2. The number of nitrogens with zero attached hydrogens (tertiary/aromatic N) is 2. The molecule has 0 bridgehead atoms. The normalized spacial score (nSPS) is 15.3. The van der Waals surface area contributed by atoms with Crippen molar-refractivity contribution in [2.75, 3.05) is 12.0 Å². The summed E-state index contributed by atoms with van der Waals surface area (Å²) in [6.07, 6.45) is 0.789. The molecule has 0 saturated heterocycles. The zero-order valence-electron chi connectivity index (χ0n) is 12.9. The number of hydrogen-bond donors (Lipinski definition) is 1. The van der Waals surface area contributed by atoms with Gasteiger partial charge in [0.15, 0.2) is 0 Å². The number of hydrogen-bond acceptors (Lipinski definition) is 4. The van der Waals surface area contributed by atoms with E-state index in [0.29, 0.717) is 6.61 Å². The van der Waals surface area contributed by atoms with E-state index < -0.39 is 0 Å². The lowest BCUT2D eigenvalue weighted by Gasteiger charge is -2.20. The summed E-state index contributed by atoms with van der Waals surface area (Å²) >= 11 is 0. The Morgan fingerprint density at radius 2 is 1.96 bits per heavy atom. The molecule has 1 N–H and O–H groups in total. The second kappa shape index (κ2) is 5.72. The molecule has 1 aliphatic heterocycles. The number of anilines is 1. The number of ether oxygens (including phenoxy) is 1. The van der Waals surface area contributed by atoms with Gasteiger partial charge < -0.3 is 4.74 Å². The van der Waals surface area contributed by atoms with Gasteiger partial charge in [0.05, 0.1) is 17.8 Å². The van der Waals surface area contributed by atoms with Crippen LogP contribution in [0.25, 0.3) is 10.9 Å². The van der Waals surface area contributed by atoms with Gasteiger partial charge in [-0.25, -0.2) is 4.98 Å². The van der Waals surface area contributed by atoms with E-state index in [9.17, 15) is 0 Å². The second-order valence-corrected chi connectivity index (χ2v) is 5.61. The Labute approximate surface area is 134 Å². The van der Waals surface area contributed by atoms with Crippen molar-refractivity contribution in [3.8, 4) is 5.75 Å². The summed E-state index contributed by atoms with van der Waals surface area (Å²) in [4.78, 5) is 4.58. The number of rotatable bonds is 2. The fraction of sp³-hybridized carbons (Fsp3) is 0.158. The van der Waals surface area contributed by atoms with Crippen LogP contribution in [0.2, 0.25) is 0 Å². The summed E-state index contributed by atoms with van der Waals surface area (Å²) in [5.74, 6) is 1.68. The van der Waals surface area contributed by atoms with E-state index >= 15 is 0 Å². The Morgan fingerprint density at radius 3 is 2.91 bits per heavy atom. The van der Waals surface area contributed by atoms with Gasteiger partial charge in [-0.1, -0.05) is 30.3 Å². The van der Waals surface area contributed by atoms with Crippen LogP contribution < -0.4 is 10.2 Å². The molecule has 3 aromatic rings. The lowest BCUT2D eigenvalue weighted by atomic mass is 10.0. The third kappa shape index (κ3) is 2.63. The highest BCUT2D eigenvalue weighted by Gasteiger charge is 2.18. The number of nitrogens with one attached hydrogen (secondary N) is 1. The Bertz CT molecular complexity index is 902. The largest absolute Gasteiger partial charge is 0.492 e. The van der Waals surface area contributed by atoms with E-state index in [1.54, 1.807) is 0 Å². The first-order chi connectivity index (χ1) is 11.3. The van der Waals surface area contributed by atoms with E-state index in [-0.39, 0.29) is 0 Å². The predicted molar refractivity (Wildman–Crippen MR) is 93.2 cm³/mol. The first-order valence-electron chi connectivity index (χ1n) is 7.72. The highest BCUT2D eigenvalue weighted by molar-refractivity contribution is 6.04. The number of pyridine rings is 1. The molecular weight excluding hydrogens is 286 g/mol. The molecule has 114 valence electrons. The van der Waals surface area contributed by atoms with Gasteiger partial charge in [-0.3, -0.25) is 5.43 Å². The Hall–Kier alpha value is -2.88. The van der Waals surface area contributed by atoms with Crippen molar-refractivity contribution in [2.24, 2.45) is 5.10 Å². The standard InChI is InChI=1S/C19H17N3O/c1-13-5-4-7-15-17(11-12-23-19(13)15)21-22-18-10-9-14-6-2-3-8-16(14)20-18/h2-10H,11-12H2,1H3,(H,20,22)/b21-17+. The monoisotopic (exact) mass is 303 g/mol. The van der Waals surface area contributed by atoms with E-state index in [1.165, 1.54) is 0 Å². The van der Waals surface area contributed by atoms with Gasteiger partial charge in [-0.05, 0) is 36.8 Å². The van der Waals surface area contributed by atoms with Crippen LogP contribution in [0.1, 0.15) is 17.5 Å². The number of benzene rings is 2. The minimum Gasteiger partial charge on any atom is -0.492 e. The van der Waals surface area contributed by atoms with E-state index in [1.807, 2.05) is 36.4 Å². The van der Waals surface area contributed by atoms with Crippen molar-refractivity contribution >= 4 is 22.4 Å². The molecule has 2 heterocycles. The highest BCUT2D eigenvalue weighted by atomic mass is 16.5. The van der Waals surface area contributed by atoms with Crippen LogP contribution >= 0.6 is 0 Å². The quantitative estimate of drug-likeness (QED) is 0.724. The van der Waals surface area contributed by atoms with Crippen molar-refractivity contribution in [1.82, 2.24) is 4.98 Å². The van der Waals surface area contributed by atoms with Gasteiger partial charge in [0, 0.05) is 17.4 Å². The van der Waals surface area contributed by atoms with Crippen LogP contribution in [-0.4, -0.2) is 17.3 Å². The van der Waals surface area contributed by atoms with Crippen LogP contribution in [0.15, 0.2) is 59.7 Å². The van der Waals surface area contributed by atoms with Crippen LogP contribution in [0.3, 0.4) is 0 Å². The number of aryl methyl sites for hydroxylation is 1. The summed E-state index contributed by atoms with van der Waals surface area (Å²) in [5, 5.41) is 5.69. The molecule has 0 aliphatic carbocycles. The second-order valence-electron chi connectivity index (χ2n) is 5.61. The van der Waals surface area contributed by atoms with E-state index in [2.05, 4.69) is 40.6 Å². The minimum atomic E-state index is 0.656. The lowest BCUT2D eigenvalue weighted by molar-refractivity contribution is 0.318. The number of fused-ring (bicyclic) bond motifs is 2. The summed E-state index contributed by atoms with van der Waals surface area (Å²) in [6, 6.07) is 18.2. The Morgan fingerprint density at radius 1 is 1.04 bits per heavy atom. The van der Waals surface area contributed by atoms with Gasteiger partial charge in [0.2, 0.25) is 0 Å². The van der Waals surface area contributed by atoms with Crippen molar-refractivity contribution in [3.05, 3.63) is 65.7 Å². The van der Waals surface area contributed by atoms with Crippen molar-refractivity contribution in [1.29, 1.82) is 0 Å². The van der Waals surface area contributed by atoms with E-state index in [4.69, 9.17) is 4.74 Å². The summed E-state index contributed by atoms with van der Waals surface area (Å²) in [5.41, 5.74) is 7.25. The average molecular weight is 303 g/mol. The maximum absolute atomic E-state index is 5.77. The molecule has 1 aliphatic rings. The van der Waals surface area contributed by atoms with Crippen molar-refractivity contribution < 1.29 is 4.74 Å². The molecule has 0 spiro atoms. The SMILES string of the molecule is Cc1cccc2c1OCC/C2=N\Nc1ccc2ccccc2n1. The van der Waals surface area contributed by atoms with Crippen LogP contribution in [-0.2, 0) is 0 Å². The molecule has 4 heteroatoms. The Kier molecular flexibility index (Phi) is 3.42. The molecule has 0 saturated carbocycles. The van der Waals surface area contributed by atoms with Crippen LogP contribution in [0.5, 0.6) is 5.75 Å². The van der Waals surface area contributed by atoms with Gasteiger partial charge in [-0.15, -0.1) is 0 Å². The maximum Gasteiger partial charge on any atom is 0.146 e. The third-order valence-electron chi connectivity index (χ3n) is 4.01. The smallest absolute Gasteiger partial charge is 0.146 e. The van der Waals surface area contributed by atoms with Gasteiger partial charge in [0.25, 0.3) is 0 Å². The van der Waals surface area contributed by atoms with Gasteiger partial charge in [-0.2, -0.15) is 5.10 Å². The predicted octanol–water partition coefficient (Wildman–Crippen LogP) is 4.14. The first-order valence-corrected chi connectivity index (χ1v) is 7.72. The summed E-state index contributed by atoms with van der Waals surface area (Å²) in [7, 11) is 0. The van der Waals surface area contributed by atoms with Crippen LogP contribution in [0, 0.1) is 6.92 Å². The van der Waals surface area contributed by atoms with E-state index in [0.717, 1.165) is 45.7 Å². The van der Waals surface area contributed by atoms with Crippen molar-refractivity contribution in [3.63, 3.8) is 0 Å². The fourth-order valence-electron chi connectivity index (χ4n) is 2.82. The molecule has 4 nitrogen and oxygen atoms in total. The zero-order valence-corrected chi connectivity index (χ0v) is 12.9.